The SMILES string of the molecule is CC(=O)Nc1ccc(N2COc3ccc4c(C)c(C)c(=O)oc4c3C2)cc1. The third-order valence-electron chi connectivity index (χ3n) is 4.96. The molecule has 2 heterocycles. The van der Waals surface area contributed by atoms with Gasteiger partial charge in [-0.1, -0.05) is 0 Å². The van der Waals surface area contributed by atoms with Crippen LogP contribution in [-0.2, 0) is 11.3 Å². The highest BCUT2D eigenvalue weighted by atomic mass is 16.5. The van der Waals surface area contributed by atoms with Crippen molar-refractivity contribution in [2.75, 3.05) is 16.9 Å². The lowest BCUT2D eigenvalue weighted by atomic mass is 10.0. The zero-order chi connectivity index (χ0) is 19.1. The van der Waals surface area contributed by atoms with Crippen LogP contribution < -0.4 is 20.6 Å². The monoisotopic (exact) mass is 364 g/mol. The quantitative estimate of drug-likeness (QED) is 0.702. The largest absolute Gasteiger partial charge is 0.473 e. The van der Waals surface area contributed by atoms with Crippen molar-refractivity contribution in [3.05, 3.63) is 63.5 Å². The van der Waals surface area contributed by atoms with Gasteiger partial charge in [-0.2, -0.15) is 0 Å². The topological polar surface area (TPSA) is 71.8 Å². The van der Waals surface area contributed by atoms with Crippen molar-refractivity contribution < 1.29 is 13.9 Å². The Morgan fingerprint density at radius 2 is 1.81 bits per heavy atom. The van der Waals surface area contributed by atoms with Gasteiger partial charge >= 0.3 is 5.63 Å². The van der Waals surface area contributed by atoms with Crippen LogP contribution in [0.25, 0.3) is 11.0 Å². The standard InChI is InChI=1S/C21H20N2O4/c1-12-13(2)21(25)27-20-17(12)8-9-19-18(20)10-23(11-26-19)16-6-4-15(5-7-16)22-14(3)24/h4-9H,10-11H2,1-3H3,(H,22,24). The summed E-state index contributed by atoms with van der Waals surface area (Å²) in [6.07, 6.45) is 0. The van der Waals surface area contributed by atoms with Crippen LogP contribution in [0.15, 0.2) is 45.6 Å². The number of nitrogens with zero attached hydrogens (tertiary/aromatic N) is 1. The molecule has 6 nitrogen and oxygen atoms in total. The molecule has 1 amide bonds. The number of anilines is 2. The number of carbonyl (C=O) groups excluding carboxylic acids is 1. The molecule has 0 spiro atoms. The molecule has 0 saturated heterocycles. The van der Waals surface area contributed by atoms with Gasteiger partial charge in [-0.15, -0.1) is 0 Å². The van der Waals surface area contributed by atoms with E-state index in [1.807, 2.05) is 43.3 Å². The normalized spacial score (nSPS) is 13.2. The van der Waals surface area contributed by atoms with Crippen molar-refractivity contribution in [1.82, 2.24) is 0 Å². The number of carbonyl (C=O) groups is 1. The Hall–Kier alpha value is -3.28. The van der Waals surface area contributed by atoms with Crippen molar-refractivity contribution in [3.63, 3.8) is 0 Å². The van der Waals surface area contributed by atoms with Crippen LogP contribution in [0, 0.1) is 13.8 Å². The van der Waals surface area contributed by atoms with Crippen LogP contribution >= 0.6 is 0 Å². The first kappa shape index (κ1) is 17.1. The maximum atomic E-state index is 12.2. The molecule has 0 unspecified atom stereocenters. The van der Waals surface area contributed by atoms with Gasteiger partial charge in [-0.05, 0) is 55.8 Å². The minimum Gasteiger partial charge on any atom is -0.473 e. The zero-order valence-corrected chi connectivity index (χ0v) is 15.5. The molecule has 0 fully saturated rings. The van der Waals surface area contributed by atoms with Crippen LogP contribution in [0.3, 0.4) is 0 Å². The lowest BCUT2D eigenvalue weighted by Gasteiger charge is -2.31. The molecular formula is C21H20N2O4. The first-order chi connectivity index (χ1) is 12.9. The van der Waals surface area contributed by atoms with Crippen LogP contribution in [0.5, 0.6) is 5.75 Å². The molecule has 0 radical (unpaired) electrons. The van der Waals surface area contributed by atoms with Gasteiger partial charge in [0.2, 0.25) is 5.91 Å². The first-order valence-electron chi connectivity index (χ1n) is 8.75. The molecule has 6 heteroatoms. The molecule has 3 aromatic rings. The van der Waals surface area contributed by atoms with Gasteiger partial charge in [0.25, 0.3) is 0 Å². The van der Waals surface area contributed by atoms with E-state index in [-0.39, 0.29) is 11.5 Å². The summed E-state index contributed by atoms with van der Waals surface area (Å²) < 4.78 is 11.5. The van der Waals surface area contributed by atoms with E-state index in [4.69, 9.17) is 9.15 Å². The van der Waals surface area contributed by atoms with E-state index >= 15 is 0 Å². The first-order valence-corrected chi connectivity index (χ1v) is 8.75. The molecule has 1 N–H and O–H groups in total. The highest BCUT2D eigenvalue weighted by Gasteiger charge is 2.23. The minimum absolute atomic E-state index is 0.106. The highest BCUT2D eigenvalue weighted by Crippen LogP contribution is 2.35. The van der Waals surface area contributed by atoms with Gasteiger partial charge in [0.1, 0.15) is 11.3 Å². The second-order valence-electron chi connectivity index (χ2n) is 6.76. The van der Waals surface area contributed by atoms with Crippen LogP contribution in [-0.4, -0.2) is 12.6 Å². The van der Waals surface area contributed by atoms with E-state index in [0.717, 1.165) is 33.6 Å². The summed E-state index contributed by atoms with van der Waals surface area (Å²) in [6.45, 7) is 6.15. The summed E-state index contributed by atoms with van der Waals surface area (Å²) in [7, 11) is 0. The molecule has 27 heavy (non-hydrogen) atoms. The molecule has 1 aliphatic rings. The third-order valence-corrected chi connectivity index (χ3v) is 4.96. The van der Waals surface area contributed by atoms with Crippen molar-refractivity contribution in [2.45, 2.75) is 27.3 Å². The molecule has 0 aliphatic carbocycles. The van der Waals surface area contributed by atoms with E-state index < -0.39 is 0 Å². The average molecular weight is 364 g/mol. The van der Waals surface area contributed by atoms with Gasteiger partial charge < -0.3 is 19.4 Å². The Labute approximate surface area is 156 Å². The lowest BCUT2D eigenvalue weighted by Crippen LogP contribution is -2.32. The van der Waals surface area contributed by atoms with Gasteiger partial charge in [0.05, 0.1) is 12.1 Å². The molecule has 138 valence electrons. The second-order valence-corrected chi connectivity index (χ2v) is 6.76. The van der Waals surface area contributed by atoms with Crippen LogP contribution in [0.1, 0.15) is 23.6 Å². The molecular weight excluding hydrogens is 344 g/mol. The fourth-order valence-electron chi connectivity index (χ4n) is 3.34. The van der Waals surface area contributed by atoms with Crippen molar-refractivity contribution in [1.29, 1.82) is 0 Å². The number of benzene rings is 2. The second kappa shape index (κ2) is 6.46. The molecule has 0 bridgehead atoms. The minimum atomic E-state index is -0.315. The Morgan fingerprint density at radius 1 is 1.07 bits per heavy atom. The predicted octanol–water partition coefficient (Wildman–Crippen LogP) is 3.72. The van der Waals surface area contributed by atoms with Crippen molar-refractivity contribution >= 4 is 28.3 Å². The lowest BCUT2D eigenvalue weighted by molar-refractivity contribution is -0.114. The van der Waals surface area contributed by atoms with E-state index in [1.165, 1.54) is 6.92 Å². The van der Waals surface area contributed by atoms with E-state index in [9.17, 15) is 9.59 Å². The number of fused-ring (bicyclic) bond motifs is 3. The molecule has 4 rings (SSSR count). The molecule has 1 aliphatic heterocycles. The van der Waals surface area contributed by atoms with Crippen LogP contribution in [0.2, 0.25) is 0 Å². The Bertz CT molecular complexity index is 1100. The van der Waals surface area contributed by atoms with E-state index in [2.05, 4.69) is 10.2 Å². The smallest absolute Gasteiger partial charge is 0.339 e. The number of amides is 1. The third kappa shape index (κ3) is 3.03. The van der Waals surface area contributed by atoms with E-state index in [0.29, 0.717) is 24.4 Å². The number of hydrogen-bond donors (Lipinski definition) is 1. The summed E-state index contributed by atoms with van der Waals surface area (Å²) in [5, 5.41) is 3.68. The van der Waals surface area contributed by atoms with E-state index in [1.54, 1.807) is 6.92 Å². The Morgan fingerprint density at radius 3 is 2.52 bits per heavy atom. The maximum Gasteiger partial charge on any atom is 0.339 e. The number of rotatable bonds is 2. The molecule has 0 saturated carbocycles. The fraction of sp³-hybridized carbons (Fsp3) is 0.238. The number of ether oxygens (including phenoxy) is 1. The summed E-state index contributed by atoms with van der Waals surface area (Å²) in [5.41, 5.74) is 4.39. The van der Waals surface area contributed by atoms with Crippen LogP contribution in [0.4, 0.5) is 11.4 Å². The van der Waals surface area contributed by atoms with Gasteiger partial charge in [0.15, 0.2) is 6.73 Å². The number of hydrogen-bond acceptors (Lipinski definition) is 5. The maximum absolute atomic E-state index is 12.2. The summed E-state index contributed by atoms with van der Waals surface area (Å²) in [6, 6.07) is 11.4. The average Bonchev–Trinajstić information content (AvgIpc) is 2.66. The summed E-state index contributed by atoms with van der Waals surface area (Å²) in [5.74, 6) is 0.630. The molecule has 0 atom stereocenters. The summed E-state index contributed by atoms with van der Waals surface area (Å²) >= 11 is 0. The fourth-order valence-corrected chi connectivity index (χ4v) is 3.34. The zero-order valence-electron chi connectivity index (χ0n) is 15.5. The predicted molar refractivity (Wildman–Crippen MR) is 104 cm³/mol. The Kier molecular flexibility index (Phi) is 4.11. The van der Waals surface area contributed by atoms with Gasteiger partial charge in [-0.25, -0.2) is 4.79 Å². The number of aryl methyl sites for hydroxylation is 1. The highest BCUT2D eigenvalue weighted by molar-refractivity contribution is 5.89. The summed E-state index contributed by atoms with van der Waals surface area (Å²) in [4.78, 5) is 25.4. The van der Waals surface area contributed by atoms with Crippen molar-refractivity contribution in [3.8, 4) is 5.75 Å². The number of nitrogens with one attached hydrogen (secondary N) is 1. The Balaban J connectivity index is 1.72. The van der Waals surface area contributed by atoms with Gasteiger partial charge in [0, 0.05) is 29.2 Å². The van der Waals surface area contributed by atoms with Gasteiger partial charge in [-0.3, -0.25) is 4.79 Å². The van der Waals surface area contributed by atoms with Crippen molar-refractivity contribution in [2.24, 2.45) is 0 Å². The molecule has 2 aromatic carbocycles. The molecule has 1 aromatic heterocycles.